The molecule has 0 saturated heterocycles. The summed E-state index contributed by atoms with van der Waals surface area (Å²) in [5.74, 6) is 1.69. The fourth-order valence-corrected chi connectivity index (χ4v) is 3.73. The lowest BCUT2D eigenvalue weighted by Gasteiger charge is -2.15. The average Bonchev–Trinajstić information content (AvgIpc) is 3.03. The molecule has 0 spiro atoms. The molecular weight excluding hydrogens is 338 g/mol. The minimum absolute atomic E-state index is 0.127. The smallest absolute Gasteiger partial charge is 0.287 e. The van der Waals surface area contributed by atoms with Crippen molar-refractivity contribution in [1.82, 2.24) is 5.32 Å². The summed E-state index contributed by atoms with van der Waals surface area (Å²) >= 11 is 0. The summed E-state index contributed by atoms with van der Waals surface area (Å²) in [6, 6.07) is 17.9. The van der Waals surface area contributed by atoms with E-state index in [1.54, 1.807) is 6.07 Å². The van der Waals surface area contributed by atoms with Gasteiger partial charge in [0.05, 0.1) is 0 Å². The van der Waals surface area contributed by atoms with Crippen LogP contribution in [-0.2, 0) is 6.61 Å². The van der Waals surface area contributed by atoms with Gasteiger partial charge in [-0.3, -0.25) is 4.79 Å². The van der Waals surface area contributed by atoms with Crippen LogP contribution < -0.4 is 10.1 Å². The fourth-order valence-electron chi connectivity index (χ4n) is 3.73. The van der Waals surface area contributed by atoms with E-state index in [0.717, 1.165) is 29.4 Å². The maximum absolute atomic E-state index is 12.4. The first kappa shape index (κ1) is 17.7. The Hall–Kier alpha value is -2.75. The number of hydrogen-bond acceptors (Lipinski definition) is 3. The third-order valence-electron chi connectivity index (χ3n) is 5.20. The van der Waals surface area contributed by atoms with Gasteiger partial charge in [0.25, 0.3) is 5.91 Å². The number of ether oxygens (including phenoxy) is 1. The van der Waals surface area contributed by atoms with Crippen molar-refractivity contribution in [2.75, 3.05) is 0 Å². The van der Waals surface area contributed by atoms with Crippen molar-refractivity contribution in [3.8, 4) is 5.75 Å². The van der Waals surface area contributed by atoms with E-state index < -0.39 is 0 Å². The number of rotatable bonds is 5. The highest BCUT2D eigenvalue weighted by molar-refractivity contribution is 5.91. The van der Waals surface area contributed by atoms with Crippen LogP contribution in [-0.4, -0.2) is 11.9 Å². The quantitative estimate of drug-likeness (QED) is 0.612. The van der Waals surface area contributed by atoms with Crippen LogP contribution in [0.1, 0.15) is 54.8 Å². The molecule has 3 aromatic rings. The highest BCUT2D eigenvalue weighted by Crippen LogP contribution is 2.26. The number of benzene rings is 2. The fraction of sp³-hybridized carbons (Fsp3) is 0.348. The van der Waals surface area contributed by atoms with Crippen LogP contribution in [0.3, 0.4) is 0 Å². The van der Waals surface area contributed by atoms with Crippen LogP contribution in [0, 0.1) is 0 Å². The Morgan fingerprint density at radius 1 is 0.963 bits per heavy atom. The predicted octanol–water partition coefficient (Wildman–Crippen LogP) is 5.46. The number of nitrogens with one attached hydrogen (secondary N) is 1. The lowest BCUT2D eigenvalue weighted by atomic mass is 10.1. The zero-order valence-corrected chi connectivity index (χ0v) is 15.4. The summed E-state index contributed by atoms with van der Waals surface area (Å²) in [7, 11) is 0. The highest BCUT2D eigenvalue weighted by atomic mass is 16.5. The molecule has 0 aliphatic heterocycles. The van der Waals surface area contributed by atoms with Gasteiger partial charge in [0, 0.05) is 11.4 Å². The second-order valence-corrected chi connectivity index (χ2v) is 7.19. The van der Waals surface area contributed by atoms with Crippen molar-refractivity contribution in [3.63, 3.8) is 0 Å². The molecule has 1 aliphatic carbocycles. The molecule has 1 aliphatic rings. The monoisotopic (exact) mass is 363 g/mol. The van der Waals surface area contributed by atoms with Crippen LogP contribution in [0.15, 0.2) is 59.0 Å². The molecular formula is C23H25NO3. The largest absolute Gasteiger partial charge is 0.485 e. The van der Waals surface area contributed by atoms with E-state index in [1.165, 1.54) is 25.7 Å². The van der Waals surface area contributed by atoms with Crippen molar-refractivity contribution in [2.45, 2.75) is 51.2 Å². The number of carbonyl (C=O) groups excluding carboxylic acids is 1. The zero-order valence-electron chi connectivity index (χ0n) is 15.4. The van der Waals surface area contributed by atoms with Gasteiger partial charge in [-0.25, -0.2) is 0 Å². The summed E-state index contributed by atoms with van der Waals surface area (Å²) in [6.45, 7) is 0.296. The van der Waals surface area contributed by atoms with Gasteiger partial charge >= 0.3 is 0 Å². The van der Waals surface area contributed by atoms with E-state index in [9.17, 15) is 4.79 Å². The Bertz CT molecular complexity index is 901. The molecule has 1 heterocycles. The number of furan rings is 1. The summed E-state index contributed by atoms with van der Waals surface area (Å²) < 4.78 is 11.7. The molecule has 2 aromatic carbocycles. The topological polar surface area (TPSA) is 51.5 Å². The minimum Gasteiger partial charge on any atom is -0.485 e. The Labute approximate surface area is 159 Å². The van der Waals surface area contributed by atoms with Crippen LogP contribution in [0.25, 0.3) is 10.8 Å². The standard InChI is InChI=1S/C23H25NO3/c25-23(24-18-10-3-1-2-4-11-18)22-15-14-19(27-22)16-26-21-13-7-9-17-8-5-6-12-20(17)21/h5-9,12-15,18H,1-4,10-11,16H2,(H,24,25). The number of carbonyl (C=O) groups is 1. The molecule has 0 unspecified atom stereocenters. The van der Waals surface area contributed by atoms with Gasteiger partial charge in [-0.1, -0.05) is 62.1 Å². The first-order valence-electron chi connectivity index (χ1n) is 9.80. The van der Waals surface area contributed by atoms with Crippen molar-refractivity contribution >= 4 is 16.7 Å². The number of hydrogen-bond donors (Lipinski definition) is 1. The maximum atomic E-state index is 12.4. The molecule has 1 N–H and O–H groups in total. The van der Waals surface area contributed by atoms with E-state index >= 15 is 0 Å². The van der Waals surface area contributed by atoms with Crippen LogP contribution >= 0.6 is 0 Å². The van der Waals surface area contributed by atoms with Gasteiger partial charge in [-0.15, -0.1) is 0 Å². The van der Waals surface area contributed by atoms with E-state index in [-0.39, 0.29) is 11.9 Å². The molecule has 4 nitrogen and oxygen atoms in total. The first-order chi connectivity index (χ1) is 13.3. The normalized spacial score (nSPS) is 15.4. The van der Waals surface area contributed by atoms with Gasteiger partial charge in [0.1, 0.15) is 18.1 Å². The molecule has 4 heteroatoms. The highest BCUT2D eigenvalue weighted by Gasteiger charge is 2.18. The van der Waals surface area contributed by atoms with Crippen molar-refractivity contribution in [1.29, 1.82) is 0 Å². The molecule has 4 rings (SSSR count). The van der Waals surface area contributed by atoms with E-state index in [1.807, 2.05) is 36.4 Å². The Morgan fingerprint density at radius 2 is 1.74 bits per heavy atom. The molecule has 1 saturated carbocycles. The van der Waals surface area contributed by atoms with Gasteiger partial charge < -0.3 is 14.5 Å². The Kier molecular flexibility index (Phi) is 5.42. The Balaban J connectivity index is 1.38. The molecule has 0 radical (unpaired) electrons. The second kappa shape index (κ2) is 8.30. The lowest BCUT2D eigenvalue weighted by molar-refractivity contribution is 0.0901. The second-order valence-electron chi connectivity index (χ2n) is 7.19. The molecule has 0 atom stereocenters. The third-order valence-corrected chi connectivity index (χ3v) is 5.20. The third kappa shape index (κ3) is 4.33. The molecule has 1 aromatic heterocycles. The summed E-state index contributed by atoms with van der Waals surface area (Å²) in [6.07, 6.45) is 7.03. The molecule has 1 amide bonds. The number of amides is 1. The molecule has 27 heavy (non-hydrogen) atoms. The van der Waals surface area contributed by atoms with Crippen molar-refractivity contribution < 1.29 is 13.9 Å². The average molecular weight is 363 g/mol. The SMILES string of the molecule is O=C(NC1CCCCCC1)c1ccc(COc2cccc3ccccc23)o1. The maximum Gasteiger partial charge on any atom is 0.287 e. The predicted molar refractivity (Wildman–Crippen MR) is 106 cm³/mol. The minimum atomic E-state index is -0.127. The van der Waals surface area contributed by atoms with Crippen LogP contribution in [0.2, 0.25) is 0 Å². The molecule has 140 valence electrons. The van der Waals surface area contributed by atoms with Gasteiger partial charge in [0.2, 0.25) is 0 Å². The summed E-state index contributed by atoms with van der Waals surface area (Å²) in [5, 5.41) is 5.32. The van der Waals surface area contributed by atoms with Crippen LogP contribution in [0.5, 0.6) is 5.75 Å². The van der Waals surface area contributed by atoms with Crippen molar-refractivity contribution in [2.24, 2.45) is 0 Å². The molecule has 1 fully saturated rings. The van der Waals surface area contributed by atoms with Crippen LogP contribution in [0.4, 0.5) is 0 Å². The Morgan fingerprint density at radius 3 is 2.59 bits per heavy atom. The number of fused-ring (bicyclic) bond motifs is 1. The van der Waals surface area contributed by atoms with E-state index in [0.29, 0.717) is 18.1 Å². The van der Waals surface area contributed by atoms with Gasteiger partial charge in [-0.2, -0.15) is 0 Å². The van der Waals surface area contributed by atoms with E-state index in [2.05, 4.69) is 17.4 Å². The summed E-state index contributed by atoms with van der Waals surface area (Å²) in [4.78, 5) is 12.4. The van der Waals surface area contributed by atoms with Gasteiger partial charge in [0.15, 0.2) is 5.76 Å². The van der Waals surface area contributed by atoms with Gasteiger partial charge in [-0.05, 0) is 36.4 Å². The van der Waals surface area contributed by atoms with E-state index in [4.69, 9.17) is 9.15 Å². The molecule has 0 bridgehead atoms. The lowest BCUT2D eigenvalue weighted by Crippen LogP contribution is -2.34. The summed E-state index contributed by atoms with van der Waals surface area (Å²) in [5.41, 5.74) is 0. The van der Waals surface area contributed by atoms with Crippen molar-refractivity contribution in [3.05, 3.63) is 66.1 Å². The first-order valence-corrected chi connectivity index (χ1v) is 9.80. The zero-order chi connectivity index (χ0) is 18.5.